The normalized spacial score (nSPS) is 11.1. The number of alkyl halides is 2. The highest BCUT2D eigenvalue weighted by Crippen LogP contribution is 2.26. The van der Waals surface area contributed by atoms with Gasteiger partial charge in [0.2, 0.25) is 0 Å². The highest BCUT2D eigenvalue weighted by atomic mass is 19.3. The Kier molecular flexibility index (Phi) is 3.60. The highest BCUT2D eigenvalue weighted by Gasteiger charge is 2.24. The Bertz CT molecular complexity index is 559. The van der Waals surface area contributed by atoms with Gasteiger partial charge in [-0.2, -0.15) is 0 Å². The lowest BCUT2D eigenvalue weighted by Crippen LogP contribution is -2.13. The summed E-state index contributed by atoms with van der Waals surface area (Å²) >= 11 is 0. The fraction of sp³-hybridized carbons (Fsp3) is 0.133. The number of anilines is 1. The Morgan fingerprint density at radius 1 is 1.00 bits per heavy atom. The van der Waals surface area contributed by atoms with Gasteiger partial charge in [0.1, 0.15) is 0 Å². The van der Waals surface area contributed by atoms with Gasteiger partial charge in [0, 0.05) is 23.7 Å². The molecular weight excluding hydrogens is 248 g/mol. The summed E-state index contributed by atoms with van der Waals surface area (Å²) in [5.41, 5.74) is 0.901. The van der Waals surface area contributed by atoms with Crippen molar-refractivity contribution in [2.75, 3.05) is 5.32 Å². The Balaban J connectivity index is 2.12. The number of benzene rings is 2. The highest BCUT2D eigenvalue weighted by molar-refractivity contribution is 6.04. The van der Waals surface area contributed by atoms with E-state index in [0.717, 1.165) is 6.92 Å². The number of carbonyl (C=O) groups is 1. The fourth-order valence-electron chi connectivity index (χ4n) is 1.64. The molecular formula is C15H13F2NO. The molecule has 2 aromatic rings. The Morgan fingerprint density at radius 2 is 1.58 bits per heavy atom. The fourth-order valence-corrected chi connectivity index (χ4v) is 1.64. The average Bonchev–Trinajstić information content (AvgIpc) is 2.39. The number of para-hydroxylation sites is 1. The van der Waals surface area contributed by atoms with Crippen LogP contribution >= 0.6 is 0 Å². The molecule has 0 aromatic heterocycles. The summed E-state index contributed by atoms with van der Waals surface area (Å²) in [7, 11) is 0. The van der Waals surface area contributed by atoms with E-state index in [1.165, 1.54) is 24.3 Å². The molecule has 1 amide bonds. The third kappa shape index (κ3) is 3.37. The van der Waals surface area contributed by atoms with Crippen LogP contribution in [0.25, 0.3) is 0 Å². The van der Waals surface area contributed by atoms with Crippen molar-refractivity contribution in [3.63, 3.8) is 0 Å². The van der Waals surface area contributed by atoms with E-state index in [-0.39, 0.29) is 11.5 Å². The summed E-state index contributed by atoms with van der Waals surface area (Å²) in [5, 5.41) is 2.69. The maximum Gasteiger partial charge on any atom is 0.270 e. The molecule has 0 fully saturated rings. The Morgan fingerprint density at radius 3 is 2.11 bits per heavy atom. The lowest BCUT2D eigenvalue weighted by molar-refractivity contribution is 0.0174. The smallest absolute Gasteiger partial charge is 0.270 e. The molecule has 1 N–H and O–H groups in total. The van der Waals surface area contributed by atoms with Crippen LogP contribution in [0.4, 0.5) is 14.5 Å². The lowest BCUT2D eigenvalue weighted by Gasteiger charge is -2.11. The minimum Gasteiger partial charge on any atom is -0.322 e. The molecule has 98 valence electrons. The van der Waals surface area contributed by atoms with Gasteiger partial charge < -0.3 is 5.32 Å². The maximum atomic E-state index is 13.0. The predicted octanol–water partition coefficient (Wildman–Crippen LogP) is 4.05. The van der Waals surface area contributed by atoms with Crippen molar-refractivity contribution in [3.8, 4) is 0 Å². The van der Waals surface area contributed by atoms with Crippen LogP contribution in [-0.2, 0) is 5.92 Å². The second-order valence-corrected chi connectivity index (χ2v) is 4.29. The summed E-state index contributed by atoms with van der Waals surface area (Å²) in [6.45, 7) is 0.825. The molecule has 0 aliphatic carbocycles. The lowest BCUT2D eigenvalue weighted by atomic mass is 10.1. The number of hydrogen-bond donors (Lipinski definition) is 1. The molecule has 2 rings (SSSR count). The van der Waals surface area contributed by atoms with Gasteiger partial charge in [0.25, 0.3) is 11.8 Å². The first-order valence-electron chi connectivity index (χ1n) is 5.81. The topological polar surface area (TPSA) is 29.1 Å². The van der Waals surface area contributed by atoms with Crippen molar-refractivity contribution in [2.24, 2.45) is 0 Å². The maximum absolute atomic E-state index is 13.0. The van der Waals surface area contributed by atoms with Crippen LogP contribution in [0.1, 0.15) is 22.8 Å². The van der Waals surface area contributed by atoms with Gasteiger partial charge in [-0.1, -0.05) is 30.3 Å². The van der Waals surface area contributed by atoms with E-state index in [1.54, 1.807) is 24.3 Å². The summed E-state index contributed by atoms with van der Waals surface area (Å²) in [6, 6.07) is 14.3. The first-order valence-corrected chi connectivity index (χ1v) is 5.81. The average molecular weight is 261 g/mol. The number of nitrogens with one attached hydrogen (secondary N) is 1. The van der Waals surface area contributed by atoms with E-state index < -0.39 is 5.92 Å². The van der Waals surface area contributed by atoms with Gasteiger partial charge >= 0.3 is 0 Å². The molecule has 0 radical (unpaired) electrons. The third-order valence-corrected chi connectivity index (χ3v) is 2.69. The van der Waals surface area contributed by atoms with Crippen LogP contribution in [0.3, 0.4) is 0 Å². The number of rotatable bonds is 3. The van der Waals surface area contributed by atoms with Crippen LogP contribution in [0.2, 0.25) is 0 Å². The summed E-state index contributed by atoms with van der Waals surface area (Å²) in [5.74, 6) is -3.22. The number of halogens is 2. The largest absolute Gasteiger partial charge is 0.322 e. The van der Waals surface area contributed by atoms with Crippen LogP contribution in [0, 0.1) is 0 Å². The van der Waals surface area contributed by atoms with Crippen molar-refractivity contribution in [1.29, 1.82) is 0 Å². The van der Waals surface area contributed by atoms with Gasteiger partial charge in [-0.05, 0) is 24.3 Å². The zero-order valence-electron chi connectivity index (χ0n) is 10.4. The number of hydrogen-bond acceptors (Lipinski definition) is 1. The SMILES string of the molecule is CC(F)(F)c1ccc(C(=O)Nc2ccccc2)cc1. The van der Waals surface area contributed by atoms with Gasteiger partial charge in [-0.3, -0.25) is 4.79 Å². The monoisotopic (exact) mass is 261 g/mol. The van der Waals surface area contributed by atoms with Crippen molar-refractivity contribution in [1.82, 2.24) is 0 Å². The van der Waals surface area contributed by atoms with Gasteiger partial charge in [0.15, 0.2) is 0 Å². The first kappa shape index (κ1) is 13.2. The molecule has 2 nitrogen and oxygen atoms in total. The Hall–Kier alpha value is -2.23. The molecule has 0 heterocycles. The summed E-state index contributed by atoms with van der Waals surface area (Å²) < 4.78 is 26.1. The van der Waals surface area contributed by atoms with Gasteiger partial charge in [-0.15, -0.1) is 0 Å². The molecule has 2 aromatic carbocycles. The van der Waals surface area contributed by atoms with Crippen molar-refractivity contribution < 1.29 is 13.6 Å². The second-order valence-electron chi connectivity index (χ2n) is 4.29. The summed E-state index contributed by atoms with van der Waals surface area (Å²) in [6.07, 6.45) is 0. The molecule has 0 bridgehead atoms. The van der Waals surface area contributed by atoms with Crippen molar-refractivity contribution in [3.05, 3.63) is 65.7 Å². The number of amides is 1. The van der Waals surface area contributed by atoms with E-state index in [2.05, 4.69) is 5.32 Å². The van der Waals surface area contributed by atoms with Gasteiger partial charge in [0.05, 0.1) is 0 Å². The minimum atomic E-state index is -2.89. The molecule has 0 unspecified atom stereocenters. The summed E-state index contributed by atoms with van der Waals surface area (Å²) in [4.78, 5) is 11.9. The van der Waals surface area contributed by atoms with Gasteiger partial charge in [-0.25, -0.2) is 8.78 Å². The molecule has 0 aliphatic rings. The van der Waals surface area contributed by atoms with E-state index in [9.17, 15) is 13.6 Å². The van der Waals surface area contributed by atoms with E-state index in [0.29, 0.717) is 11.3 Å². The van der Waals surface area contributed by atoms with Crippen LogP contribution < -0.4 is 5.32 Å². The molecule has 0 atom stereocenters. The minimum absolute atomic E-state index is 0.108. The quantitative estimate of drug-likeness (QED) is 0.887. The molecule has 0 saturated heterocycles. The van der Waals surface area contributed by atoms with E-state index in [1.807, 2.05) is 6.07 Å². The Labute approximate surface area is 110 Å². The van der Waals surface area contributed by atoms with E-state index in [4.69, 9.17) is 0 Å². The number of carbonyl (C=O) groups excluding carboxylic acids is 1. The molecule has 0 spiro atoms. The van der Waals surface area contributed by atoms with E-state index >= 15 is 0 Å². The molecule has 0 aliphatic heterocycles. The van der Waals surface area contributed by atoms with Crippen LogP contribution in [0.15, 0.2) is 54.6 Å². The predicted molar refractivity (Wildman–Crippen MR) is 70.4 cm³/mol. The zero-order chi connectivity index (χ0) is 13.9. The van der Waals surface area contributed by atoms with Crippen molar-refractivity contribution >= 4 is 11.6 Å². The third-order valence-electron chi connectivity index (χ3n) is 2.69. The standard InChI is InChI=1S/C15H13F2NO/c1-15(16,17)12-9-7-11(8-10-12)14(19)18-13-5-3-2-4-6-13/h2-10H,1H3,(H,18,19). The van der Waals surface area contributed by atoms with Crippen molar-refractivity contribution in [2.45, 2.75) is 12.8 Å². The first-order chi connectivity index (χ1) is 8.97. The molecule has 4 heteroatoms. The molecule has 0 saturated carbocycles. The van der Waals surface area contributed by atoms with Crippen LogP contribution in [0.5, 0.6) is 0 Å². The van der Waals surface area contributed by atoms with Crippen LogP contribution in [-0.4, -0.2) is 5.91 Å². The second kappa shape index (κ2) is 5.18. The zero-order valence-corrected chi connectivity index (χ0v) is 10.4. The molecule has 19 heavy (non-hydrogen) atoms.